The average molecular weight is 645 g/mol. The maximum absolute atomic E-state index is 13.6. The molecular weight excluding hydrogens is 605 g/mol. The Balaban J connectivity index is 1.31. The highest BCUT2D eigenvalue weighted by Crippen LogP contribution is 2.34. The summed E-state index contributed by atoms with van der Waals surface area (Å²) < 4.78 is 73.6. The van der Waals surface area contributed by atoms with E-state index in [9.17, 15) is 26.4 Å². The van der Waals surface area contributed by atoms with Crippen molar-refractivity contribution < 1.29 is 31.1 Å². The molecule has 242 valence electrons. The molecule has 5 rings (SSSR count). The van der Waals surface area contributed by atoms with Crippen molar-refractivity contribution in [3.05, 3.63) is 83.9 Å². The van der Waals surface area contributed by atoms with Crippen LogP contribution >= 0.6 is 0 Å². The van der Waals surface area contributed by atoms with Gasteiger partial charge in [-0.1, -0.05) is 31.9 Å². The molecule has 0 spiro atoms. The fraction of sp³-hybridized carbons (Fsp3) is 0.424. The molecule has 2 N–H and O–H groups in total. The monoisotopic (exact) mass is 644 g/mol. The van der Waals surface area contributed by atoms with Gasteiger partial charge in [-0.2, -0.15) is 13.2 Å². The van der Waals surface area contributed by atoms with E-state index in [0.29, 0.717) is 5.56 Å². The summed E-state index contributed by atoms with van der Waals surface area (Å²) in [6, 6.07) is 16.1. The lowest BCUT2D eigenvalue weighted by molar-refractivity contribution is -0.137. The van der Waals surface area contributed by atoms with Crippen molar-refractivity contribution >= 4 is 21.6 Å². The molecule has 1 amide bonds. The Morgan fingerprint density at radius 3 is 1.89 bits per heavy atom. The molecule has 0 atom stereocenters. The second kappa shape index (κ2) is 13.8. The number of anilines is 1. The highest BCUT2D eigenvalue weighted by Gasteiger charge is 2.43. The molecule has 2 aliphatic rings. The van der Waals surface area contributed by atoms with Crippen LogP contribution in [0.1, 0.15) is 67.8 Å². The summed E-state index contributed by atoms with van der Waals surface area (Å²) in [4.78, 5) is 18.4. The third kappa shape index (κ3) is 7.62. The summed E-state index contributed by atoms with van der Waals surface area (Å²) in [6.07, 6.45) is 2.95. The summed E-state index contributed by atoms with van der Waals surface area (Å²) in [5.74, 6) is -0.633. The third-order valence-electron chi connectivity index (χ3n) is 8.53. The van der Waals surface area contributed by atoms with E-state index in [2.05, 4.69) is 26.8 Å². The third-order valence-corrected chi connectivity index (χ3v) is 9.91. The van der Waals surface area contributed by atoms with Crippen LogP contribution in [0.25, 0.3) is 0 Å². The summed E-state index contributed by atoms with van der Waals surface area (Å²) in [6.45, 7) is 5.76. The number of para-hydroxylation sites is 2. The van der Waals surface area contributed by atoms with Crippen molar-refractivity contribution in [2.45, 2.75) is 68.7 Å². The van der Waals surface area contributed by atoms with Gasteiger partial charge in [-0.05, 0) is 92.8 Å². The molecule has 3 aromatic rings. The molecule has 45 heavy (non-hydrogen) atoms. The number of amides is 1. The number of hydrogen-bond acceptors (Lipinski definition) is 6. The van der Waals surface area contributed by atoms with Crippen LogP contribution in [-0.4, -0.2) is 56.1 Å². The number of nitrogens with one attached hydrogen (secondary N) is 2. The highest BCUT2D eigenvalue weighted by molar-refractivity contribution is 7.92. The fourth-order valence-electron chi connectivity index (χ4n) is 6.14. The predicted octanol–water partition coefficient (Wildman–Crippen LogP) is 7.06. The zero-order chi connectivity index (χ0) is 32.1. The van der Waals surface area contributed by atoms with E-state index in [1.165, 1.54) is 61.4 Å². The minimum absolute atomic E-state index is 0.0581. The lowest BCUT2D eigenvalue weighted by Gasteiger charge is -2.53. The van der Waals surface area contributed by atoms with Crippen LogP contribution in [-0.2, 0) is 16.2 Å². The number of benzene rings is 3. The Hall–Kier alpha value is -3.61. The molecule has 0 bridgehead atoms. The first-order valence-corrected chi connectivity index (χ1v) is 16.9. The normalized spacial score (nSPS) is 17.1. The molecule has 2 heterocycles. The molecule has 2 saturated heterocycles. The minimum atomic E-state index is -4.48. The number of rotatable bonds is 10. The van der Waals surface area contributed by atoms with Gasteiger partial charge in [-0.3, -0.25) is 19.3 Å². The Bertz CT molecular complexity index is 1530. The number of alkyl halides is 3. The predicted molar refractivity (Wildman–Crippen MR) is 167 cm³/mol. The van der Waals surface area contributed by atoms with Gasteiger partial charge in [0, 0.05) is 31.7 Å². The largest absolute Gasteiger partial charge is 0.455 e. The zero-order valence-electron chi connectivity index (χ0n) is 25.3. The van der Waals surface area contributed by atoms with Crippen molar-refractivity contribution in [2.24, 2.45) is 0 Å². The Morgan fingerprint density at radius 1 is 0.800 bits per heavy atom. The zero-order valence-corrected chi connectivity index (χ0v) is 26.1. The van der Waals surface area contributed by atoms with Crippen LogP contribution in [0.15, 0.2) is 77.7 Å². The molecule has 3 aromatic carbocycles. The topological polar surface area (TPSA) is 91.0 Å². The molecule has 12 heteroatoms. The van der Waals surface area contributed by atoms with E-state index >= 15 is 0 Å². The van der Waals surface area contributed by atoms with Crippen LogP contribution in [0.3, 0.4) is 0 Å². The number of halogens is 3. The lowest BCUT2D eigenvalue weighted by Crippen LogP contribution is -2.71. The first-order valence-electron chi connectivity index (χ1n) is 15.4. The molecule has 2 fully saturated rings. The maximum atomic E-state index is 13.6. The average Bonchev–Trinajstić information content (AvgIpc) is 3.05. The number of nitrogens with zero attached hydrogens (tertiary/aromatic N) is 2. The number of ether oxygens (including phenoxy) is 1. The van der Waals surface area contributed by atoms with E-state index < -0.39 is 27.5 Å². The number of hydrogen-bond donors (Lipinski definition) is 2. The molecule has 0 aliphatic carbocycles. The molecular formula is C33H39F3N4O4S. The molecule has 0 saturated carbocycles. The van der Waals surface area contributed by atoms with Gasteiger partial charge in [0.2, 0.25) is 0 Å². The van der Waals surface area contributed by atoms with E-state index in [0.717, 1.165) is 70.4 Å². The number of likely N-dealkylation sites (tertiary alicyclic amines) is 2. The van der Waals surface area contributed by atoms with Crippen molar-refractivity contribution in [2.75, 3.05) is 30.9 Å². The van der Waals surface area contributed by atoms with Gasteiger partial charge >= 0.3 is 6.18 Å². The summed E-state index contributed by atoms with van der Waals surface area (Å²) in [7, 11) is -4.10. The van der Waals surface area contributed by atoms with Crippen molar-refractivity contribution in [3.63, 3.8) is 0 Å². The van der Waals surface area contributed by atoms with E-state index in [1.54, 1.807) is 12.1 Å². The molecule has 2 aliphatic heterocycles. The van der Waals surface area contributed by atoms with Gasteiger partial charge in [0.05, 0.1) is 16.1 Å². The number of carbonyl (C=O) groups is 1. The molecule has 0 unspecified atom stereocenters. The van der Waals surface area contributed by atoms with Crippen molar-refractivity contribution in [1.29, 1.82) is 0 Å². The Labute approximate surface area is 262 Å². The molecule has 0 radical (unpaired) electrons. The fourth-order valence-corrected chi connectivity index (χ4v) is 7.21. The van der Waals surface area contributed by atoms with Crippen molar-refractivity contribution in [1.82, 2.24) is 15.1 Å². The summed E-state index contributed by atoms with van der Waals surface area (Å²) in [5, 5.41) is 3.35. The van der Waals surface area contributed by atoms with Crippen LogP contribution in [0.5, 0.6) is 11.5 Å². The molecule has 0 aromatic heterocycles. The van der Waals surface area contributed by atoms with Crippen LogP contribution in [0.4, 0.5) is 18.9 Å². The van der Waals surface area contributed by atoms with Crippen LogP contribution < -0.4 is 14.8 Å². The van der Waals surface area contributed by atoms with Gasteiger partial charge in [0.15, 0.2) is 11.5 Å². The second-order valence-corrected chi connectivity index (χ2v) is 13.2. The van der Waals surface area contributed by atoms with E-state index in [4.69, 9.17) is 4.74 Å². The highest BCUT2D eigenvalue weighted by atomic mass is 32.2. The van der Waals surface area contributed by atoms with Crippen molar-refractivity contribution in [3.8, 4) is 11.5 Å². The van der Waals surface area contributed by atoms with Crippen LogP contribution in [0.2, 0.25) is 0 Å². The number of piperidine rings is 2. The number of carbonyl (C=O) groups excluding carboxylic acids is 1. The number of sulfonamides is 1. The van der Waals surface area contributed by atoms with E-state index in [1.807, 2.05) is 0 Å². The molecule has 8 nitrogen and oxygen atoms in total. The smallest absolute Gasteiger partial charge is 0.416 e. The summed E-state index contributed by atoms with van der Waals surface area (Å²) >= 11 is 0. The lowest BCUT2D eigenvalue weighted by atomic mass is 10.0. The first kappa shape index (κ1) is 32.8. The van der Waals surface area contributed by atoms with Crippen LogP contribution in [0, 0.1) is 0 Å². The SMILES string of the molecule is CCC(NC(=O)c1ccc(S(=O)(=O)Nc2ccccc2Oc2ccc(C(F)(F)F)cc2)cc1)(N1CCCCC1)N1CCCCC1. The standard InChI is InChI=1S/C33H39F3N4O4S/c1-2-32(39-21-7-3-8-22-39,40-23-9-4-10-24-40)37-31(41)25-13-19-28(20-14-25)45(42,43)38-29-11-5-6-12-30(29)44-27-17-15-26(16-18-27)33(34,35)36/h5-6,11-20,38H,2-4,7-10,21-24H2,1H3,(H,37,41). The summed E-state index contributed by atoms with van der Waals surface area (Å²) in [5.41, 5.74) is -0.360. The Morgan fingerprint density at radius 2 is 1.36 bits per heavy atom. The Kier molecular flexibility index (Phi) is 10.0. The van der Waals surface area contributed by atoms with Gasteiger partial charge in [-0.25, -0.2) is 8.42 Å². The quantitative estimate of drug-likeness (QED) is 0.246. The first-order chi connectivity index (χ1) is 21.5. The van der Waals surface area contributed by atoms with Gasteiger partial charge in [0.1, 0.15) is 5.75 Å². The second-order valence-electron chi connectivity index (χ2n) is 11.5. The maximum Gasteiger partial charge on any atom is 0.416 e. The van der Waals surface area contributed by atoms with Gasteiger partial charge in [-0.15, -0.1) is 0 Å². The minimum Gasteiger partial charge on any atom is -0.455 e. The van der Waals surface area contributed by atoms with Gasteiger partial charge < -0.3 is 10.1 Å². The van der Waals surface area contributed by atoms with Gasteiger partial charge in [0.25, 0.3) is 15.9 Å². The van der Waals surface area contributed by atoms with E-state index in [-0.39, 0.29) is 28.0 Å².